The molecule has 0 aliphatic heterocycles. The molecule has 0 aromatic heterocycles. The van der Waals surface area contributed by atoms with Crippen LogP contribution in [0, 0.1) is 0 Å². The van der Waals surface area contributed by atoms with Gasteiger partial charge in [0.25, 0.3) is 0 Å². The van der Waals surface area contributed by atoms with Crippen molar-refractivity contribution in [2.24, 2.45) is 0 Å². The molecule has 0 saturated heterocycles. The number of aliphatic hydroxyl groups excluding tert-OH is 2. The van der Waals surface area contributed by atoms with Crippen molar-refractivity contribution < 1.29 is 14.7 Å². The summed E-state index contributed by atoms with van der Waals surface area (Å²) < 4.78 is 0.621. The number of aliphatic hydroxyl groups is 2. The standard InChI is InChI=1S/C29H52NO2/c1-2-3-4-5-6-7-8-9-10-11-12-13-14-15-16-20-23-30(24-26-31,25-27-32)28-29-21-18-17-19-22-29/h17-23,31-32H,2-16,24-28H2,1H3/q+1. The summed E-state index contributed by atoms with van der Waals surface area (Å²) in [5, 5.41) is 19.2. The molecule has 0 fully saturated rings. The zero-order chi connectivity index (χ0) is 23.2. The van der Waals surface area contributed by atoms with Gasteiger partial charge in [-0.15, -0.1) is 0 Å². The summed E-state index contributed by atoms with van der Waals surface area (Å²) in [4.78, 5) is 0. The predicted molar refractivity (Wildman–Crippen MR) is 138 cm³/mol. The molecule has 0 aliphatic carbocycles. The molecule has 3 nitrogen and oxygen atoms in total. The number of hydrogen-bond donors (Lipinski definition) is 2. The summed E-state index contributed by atoms with van der Waals surface area (Å²) in [7, 11) is 0. The molecule has 3 heteroatoms. The van der Waals surface area contributed by atoms with Crippen molar-refractivity contribution in [3.63, 3.8) is 0 Å². The van der Waals surface area contributed by atoms with E-state index in [0.717, 1.165) is 13.0 Å². The lowest BCUT2D eigenvalue weighted by molar-refractivity contribution is -0.893. The minimum absolute atomic E-state index is 0.135. The van der Waals surface area contributed by atoms with Gasteiger partial charge < -0.3 is 10.2 Å². The minimum Gasteiger partial charge on any atom is -0.390 e. The highest BCUT2D eigenvalue weighted by Crippen LogP contribution is 2.17. The van der Waals surface area contributed by atoms with Crippen LogP contribution in [-0.2, 0) is 6.54 Å². The van der Waals surface area contributed by atoms with Crippen LogP contribution in [0.5, 0.6) is 0 Å². The smallest absolute Gasteiger partial charge is 0.109 e. The van der Waals surface area contributed by atoms with Gasteiger partial charge in [0, 0.05) is 5.56 Å². The summed E-state index contributed by atoms with van der Waals surface area (Å²) in [6.07, 6.45) is 25.0. The molecule has 0 radical (unpaired) electrons. The second-order valence-corrected chi connectivity index (χ2v) is 9.53. The number of quaternary nitrogens is 1. The van der Waals surface area contributed by atoms with E-state index in [9.17, 15) is 10.2 Å². The molecule has 1 rings (SSSR count). The third-order valence-corrected chi connectivity index (χ3v) is 6.58. The fourth-order valence-electron chi connectivity index (χ4n) is 4.57. The number of benzene rings is 1. The Morgan fingerprint density at radius 2 is 1.12 bits per heavy atom. The van der Waals surface area contributed by atoms with Gasteiger partial charge in [0.1, 0.15) is 19.6 Å². The molecule has 0 amide bonds. The summed E-state index contributed by atoms with van der Waals surface area (Å²) in [6, 6.07) is 10.4. The Bertz CT molecular complexity index is 537. The first-order valence-corrected chi connectivity index (χ1v) is 13.6. The van der Waals surface area contributed by atoms with Crippen molar-refractivity contribution in [3.8, 4) is 0 Å². The minimum atomic E-state index is 0.135. The Kier molecular flexibility index (Phi) is 18.4. The average Bonchev–Trinajstić information content (AvgIpc) is 2.80. The summed E-state index contributed by atoms with van der Waals surface area (Å²) in [6.45, 7) is 4.66. The van der Waals surface area contributed by atoms with E-state index >= 15 is 0 Å². The van der Waals surface area contributed by atoms with Crippen LogP contribution in [0.4, 0.5) is 0 Å². The van der Waals surface area contributed by atoms with E-state index < -0.39 is 0 Å². The molecule has 1 aromatic carbocycles. The Morgan fingerprint density at radius 3 is 1.59 bits per heavy atom. The maximum absolute atomic E-state index is 9.61. The fourth-order valence-corrected chi connectivity index (χ4v) is 4.57. The van der Waals surface area contributed by atoms with Crippen molar-refractivity contribution in [3.05, 3.63) is 48.2 Å². The fraction of sp³-hybridized carbons (Fsp3) is 0.724. The molecular weight excluding hydrogens is 394 g/mol. The molecule has 2 N–H and O–H groups in total. The topological polar surface area (TPSA) is 40.5 Å². The largest absolute Gasteiger partial charge is 0.390 e. The van der Waals surface area contributed by atoms with Gasteiger partial charge >= 0.3 is 0 Å². The van der Waals surface area contributed by atoms with Crippen molar-refractivity contribution in [2.75, 3.05) is 26.3 Å². The lowest BCUT2D eigenvalue weighted by Gasteiger charge is -2.34. The van der Waals surface area contributed by atoms with Crippen molar-refractivity contribution in [1.29, 1.82) is 0 Å². The number of allylic oxidation sites excluding steroid dienone is 1. The zero-order valence-electron chi connectivity index (χ0n) is 21.0. The van der Waals surface area contributed by atoms with E-state index in [2.05, 4.69) is 43.5 Å². The molecule has 0 unspecified atom stereocenters. The maximum atomic E-state index is 9.61. The van der Waals surface area contributed by atoms with Gasteiger partial charge in [-0.1, -0.05) is 121 Å². The number of rotatable bonds is 22. The van der Waals surface area contributed by atoms with Crippen LogP contribution >= 0.6 is 0 Å². The van der Waals surface area contributed by atoms with Gasteiger partial charge in [-0.25, -0.2) is 0 Å². The first-order chi connectivity index (χ1) is 15.8. The van der Waals surface area contributed by atoms with Gasteiger partial charge in [-0.2, -0.15) is 0 Å². The van der Waals surface area contributed by atoms with E-state index in [4.69, 9.17) is 0 Å². The van der Waals surface area contributed by atoms with Crippen LogP contribution < -0.4 is 0 Å². The Balaban J connectivity index is 2.14. The van der Waals surface area contributed by atoms with Crippen molar-refractivity contribution in [1.82, 2.24) is 0 Å². The van der Waals surface area contributed by atoms with Crippen LogP contribution in [0.15, 0.2) is 42.6 Å². The summed E-state index contributed by atoms with van der Waals surface area (Å²) >= 11 is 0. The Hall–Kier alpha value is -1.16. The average molecular weight is 447 g/mol. The highest BCUT2D eigenvalue weighted by Gasteiger charge is 2.24. The lowest BCUT2D eigenvalue weighted by atomic mass is 10.0. The molecule has 0 aliphatic rings. The third-order valence-electron chi connectivity index (χ3n) is 6.58. The molecule has 0 heterocycles. The van der Waals surface area contributed by atoms with Gasteiger partial charge in [-0.05, 0) is 18.9 Å². The number of unbranched alkanes of at least 4 members (excludes halogenated alkanes) is 14. The van der Waals surface area contributed by atoms with Crippen LogP contribution in [0.1, 0.15) is 109 Å². The summed E-state index contributed by atoms with van der Waals surface area (Å²) in [5.74, 6) is 0. The normalized spacial score (nSPS) is 12.1. The first-order valence-electron chi connectivity index (χ1n) is 13.6. The van der Waals surface area contributed by atoms with Gasteiger partial charge in [0.15, 0.2) is 0 Å². The van der Waals surface area contributed by atoms with Crippen LogP contribution in [0.3, 0.4) is 0 Å². The zero-order valence-corrected chi connectivity index (χ0v) is 21.0. The van der Waals surface area contributed by atoms with E-state index in [1.807, 2.05) is 6.07 Å². The summed E-state index contributed by atoms with van der Waals surface area (Å²) in [5.41, 5.74) is 1.25. The quantitative estimate of drug-likeness (QED) is 0.144. The van der Waals surface area contributed by atoms with E-state index in [1.54, 1.807) is 0 Å². The van der Waals surface area contributed by atoms with Crippen LogP contribution in [0.25, 0.3) is 0 Å². The molecule has 1 aromatic rings. The highest BCUT2D eigenvalue weighted by molar-refractivity contribution is 5.13. The Morgan fingerprint density at radius 1 is 0.656 bits per heavy atom. The van der Waals surface area contributed by atoms with Gasteiger partial charge in [0.05, 0.1) is 19.4 Å². The van der Waals surface area contributed by atoms with E-state index in [0.29, 0.717) is 17.6 Å². The molecule has 32 heavy (non-hydrogen) atoms. The van der Waals surface area contributed by atoms with E-state index in [1.165, 1.54) is 95.5 Å². The number of hydrogen-bond acceptors (Lipinski definition) is 2. The SMILES string of the molecule is CCCCCCCCCCCCCCCCC=C[N+](CCO)(CCO)Cc1ccccc1. The molecule has 0 saturated carbocycles. The molecule has 0 atom stereocenters. The lowest BCUT2D eigenvalue weighted by Crippen LogP contribution is -2.46. The second kappa shape index (κ2) is 20.4. The number of nitrogens with zero attached hydrogens (tertiary/aromatic N) is 1. The Labute approximate surface area is 199 Å². The van der Waals surface area contributed by atoms with Crippen molar-refractivity contribution in [2.45, 2.75) is 110 Å². The van der Waals surface area contributed by atoms with Gasteiger partial charge in [0.2, 0.25) is 0 Å². The van der Waals surface area contributed by atoms with Crippen LogP contribution in [-0.4, -0.2) is 41.0 Å². The second-order valence-electron chi connectivity index (χ2n) is 9.53. The third kappa shape index (κ3) is 14.8. The predicted octanol–water partition coefficient (Wildman–Crippen LogP) is 7.37. The van der Waals surface area contributed by atoms with E-state index in [-0.39, 0.29) is 13.2 Å². The monoisotopic (exact) mass is 446 g/mol. The molecule has 0 bridgehead atoms. The first kappa shape index (κ1) is 28.9. The maximum Gasteiger partial charge on any atom is 0.109 e. The molecular formula is C29H52NO2+. The molecule has 0 spiro atoms. The van der Waals surface area contributed by atoms with Gasteiger partial charge in [-0.3, -0.25) is 4.48 Å². The highest BCUT2D eigenvalue weighted by atomic mass is 16.3. The molecule has 184 valence electrons. The van der Waals surface area contributed by atoms with Crippen molar-refractivity contribution >= 4 is 0 Å². The van der Waals surface area contributed by atoms with Crippen LogP contribution in [0.2, 0.25) is 0 Å².